The van der Waals surface area contributed by atoms with E-state index in [0.717, 1.165) is 61.0 Å². The van der Waals surface area contributed by atoms with Crippen LogP contribution in [0.3, 0.4) is 0 Å². The number of aromatic nitrogens is 2. The standard InChI is InChI=1S/C24H23F4N5O2/c1-15-19-13-17(5-7-21(19)31-23(29-15)33-11-9-32(2)10-12-33)30-22(34)8-4-16-3-6-18(14-20(16)25)35-24(26,27)28/h3-8,13-14H,9-12H2,1-2H3,(H,30,34)/b8-4+. The molecule has 0 aliphatic carbocycles. The number of halogens is 4. The average molecular weight is 489 g/mol. The smallest absolute Gasteiger partial charge is 0.406 e. The third kappa shape index (κ3) is 6.24. The van der Waals surface area contributed by atoms with Crippen LogP contribution in [0.4, 0.5) is 29.2 Å². The summed E-state index contributed by atoms with van der Waals surface area (Å²) in [6.07, 6.45) is -2.66. The quantitative estimate of drug-likeness (QED) is 0.424. The van der Waals surface area contributed by atoms with Crippen LogP contribution in [0.25, 0.3) is 17.0 Å². The fourth-order valence-corrected chi connectivity index (χ4v) is 3.68. The first-order chi connectivity index (χ1) is 16.6. The molecule has 2 aromatic carbocycles. The predicted molar refractivity (Wildman–Crippen MR) is 125 cm³/mol. The predicted octanol–water partition coefficient (Wildman–Crippen LogP) is 4.38. The van der Waals surface area contributed by atoms with Crippen molar-refractivity contribution in [3.8, 4) is 5.75 Å². The highest BCUT2D eigenvalue weighted by molar-refractivity contribution is 6.03. The number of aryl methyl sites for hydroxylation is 1. The second-order valence-corrected chi connectivity index (χ2v) is 8.18. The second-order valence-electron chi connectivity index (χ2n) is 8.18. The van der Waals surface area contributed by atoms with Gasteiger partial charge in [0.15, 0.2) is 0 Å². The molecule has 0 atom stereocenters. The molecule has 11 heteroatoms. The molecule has 1 aliphatic heterocycles. The van der Waals surface area contributed by atoms with Crippen molar-refractivity contribution in [2.75, 3.05) is 43.4 Å². The Bertz CT molecular complexity index is 1270. The van der Waals surface area contributed by atoms with Crippen LogP contribution in [0, 0.1) is 12.7 Å². The summed E-state index contributed by atoms with van der Waals surface area (Å²) in [5.74, 6) is -1.49. The van der Waals surface area contributed by atoms with Gasteiger partial charge in [0.2, 0.25) is 11.9 Å². The minimum Gasteiger partial charge on any atom is -0.406 e. The number of ether oxygens (including phenoxy) is 1. The van der Waals surface area contributed by atoms with E-state index in [-0.39, 0.29) is 5.56 Å². The van der Waals surface area contributed by atoms with Gasteiger partial charge >= 0.3 is 6.36 Å². The van der Waals surface area contributed by atoms with Gasteiger partial charge in [-0.15, -0.1) is 13.2 Å². The highest BCUT2D eigenvalue weighted by atomic mass is 19.4. The number of carbonyl (C=O) groups is 1. The van der Waals surface area contributed by atoms with Crippen LogP contribution in [-0.4, -0.2) is 60.4 Å². The van der Waals surface area contributed by atoms with Gasteiger partial charge in [0, 0.05) is 55.0 Å². The van der Waals surface area contributed by atoms with E-state index < -0.39 is 23.8 Å². The molecule has 1 saturated heterocycles. The van der Waals surface area contributed by atoms with Crippen LogP contribution < -0.4 is 15.0 Å². The zero-order valence-electron chi connectivity index (χ0n) is 19.1. The Balaban J connectivity index is 1.44. The fourth-order valence-electron chi connectivity index (χ4n) is 3.68. The highest BCUT2D eigenvalue weighted by Crippen LogP contribution is 2.26. The Labute approximate surface area is 199 Å². The van der Waals surface area contributed by atoms with Crippen molar-refractivity contribution in [3.05, 3.63) is 59.5 Å². The van der Waals surface area contributed by atoms with Crippen molar-refractivity contribution in [2.24, 2.45) is 0 Å². The minimum absolute atomic E-state index is 0.0612. The molecule has 0 saturated carbocycles. The number of piperazine rings is 1. The van der Waals surface area contributed by atoms with Crippen molar-refractivity contribution in [2.45, 2.75) is 13.3 Å². The first-order valence-corrected chi connectivity index (χ1v) is 10.8. The van der Waals surface area contributed by atoms with Crippen LogP contribution >= 0.6 is 0 Å². The lowest BCUT2D eigenvalue weighted by atomic mass is 10.1. The van der Waals surface area contributed by atoms with E-state index in [2.05, 4.69) is 36.9 Å². The number of likely N-dealkylation sites (N-methyl/N-ethyl adjacent to an activating group) is 1. The molecular formula is C24H23F4N5O2. The first kappa shape index (κ1) is 24.4. The van der Waals surface area contributed by atoms with Gasteiger partial charge < -0.3 is 19.9 Å². The van der Waals surface area contributed by atoms with Gasteiger partial charge in [-0.2, -0.15) is 0 Å². The number of benzene rings is 2. The number of anilines is 2. The number of nitrogens with zero attached hydrogens (tertiary/aromatic N) is 4. The van der Waals surface area contributed by atoms with E-state index in [9.17, 15) is 22.4 Å². The number of rotatable bonds is 5. The van der Waals surface area contributed by atoms with Gasteiger partial charge in [-0.3, -0.25) is 4.79 Å². The third-order valence-corrected chi connectivity index (χ3v) is 5.55. The monoisotopic (exact) mass is 489 g/mol. The molecule has 3 aromatic rings. The lowest BCUT2D eigenvalue weighted by Gasteiger charge is -2.32. The SMILES string of the molecule is Cc1nc(N2CCN(C)CC2)nc2ccc(NC(=O)/C=C/c3ccc(OC(F)(F)F)cc3F)cc12. The number of nitrogens with one attached hydrogen (secondary N) is 1. The molecule has 0 bridgehead atoms. The van der Waals surface area contributed by atoms with Crippen LogP contribution in [-0.2, 0) is 4.79 Å². The van der Waals surface area contributed by atoms with Crippen LogP contribution in [0.15, 0.2) is 42.5 Å². The molecule has 0 unspecified atom stereocenters. The molecule has 1 fully saturated rings. The number of alkyl halides is 3. The molecule has 35 heavy (non-hydrogen) atoms. The first-order valence-electron chi connectivity index (χ1n) is 10.8. The molecule has 1 aliphatic rings. The maximum Gasteiger partial charge on any atom is 0.573 e. The van der Waals surface area contributed by atoms with Gasteiger partial charge in [-0.25, -0.2) is 14.4 Å². The van der Waals surface area contributed by atoms with Crippen molar-refractivity contribution in [1.29, 1.82) is 0 Å². The van der Waals surface area contributed by atoms with Crippen LogP contribution in [0.1, 0.15) is 11.3 Å². The number of amides is 1. The lowest BCUT2D eigenvalue weighted by Crippen LogP contribution is -2.45. The van der Waals surface area contributed by atoms with E-state index in [4.69, 9.17) is 0 Å². The Morgan fingerprint density at radius 1 is 1.09 bits per heavy atom. The Morgan fingerprint density at radius 2 is 1.83 bits per heavy atom. The lowest BCUT2D eigenvalue weighted by molar-refractivity contribution is -0.274. The van der Waals surface area contributed by atoms with Gasteiger partial charge in [-0.05, 0) is 50.4 Å². The molecular weight excluding hydrogens is 466 g/mol. The highest BCUT2D eigenvalue weighted by Gasteiger charge is 2.31. The molecule has 4 rings (SSSR count). The maximum atomic E-state index is 14.1. The normalized spacial score (nSPS) is 15.1. The van der Waals surface area contributed by atoms with Crippen molar-refractivity contribution >= 4 is 34.5 Å². The fraction of sp³-hybridized carbons (Fsp3) is 0.292. The molecule has 1 aromatic heterocycles. The summed E-state index contributed by atoms with van der Waals surface area (Å²) >= 11 is 0. The molecule has 7 nitrogen and oxygen atoms in total. The summed E-state index contributed by atoms with van der Waals surface area (Å²) in [4.78, 5) is 26.0. The molecule has 184 valence electrons. The Morgan fingerprint density at radius 3 is 2.51 bits per heavy atom. The van der Waals surface area contributed by atoms with Gasteiger partial charge in [0.1, 0.15) is 11.6 Å². The third-order valence-electron chi connectivity index (χ3n) is 5.55. The van der Waals surface area contributed by atoms with Crippen molar-refractivity contribution in [1.82, 2.24) is 14.9 Å². The minimum atomic E-state index is -4.92. The summed E-state index contributed by atoms with van der Waals surface area (Å²) in [6, 6.07) is 7.92. The Hall–Kier alpha value is -3.73. The van der Waals surface area contributed by atoms with E-state index in [1.165, 1.54) is 6.08 Å². The van der Waals surface area contributed by atoms with E-state index >= 15 is 0 Å². The maximum absolute atomic E-state index is 14.1. The molecule has 1 amide bonds. The van der Waals surface area contributed by atoms with E-state index in [1.54, 1.807) is 18.2 Å². The summed E-state index contributed by atoms with van der Waals surface area (Å²) < 4.78 is 54.5. The van der Waals surface area contributed by atoms with Gasteiger partial charge in [-0.1, -0.05) is 0 Å². The summed E-state index contributed by atoms with van der Waals surface area (Å²) in [7, 11) is 2.08. The number of hydrogen-bond acceptors (Lipinski definition) is 6. The zero-order valence-corrected chi connectivity index (χ0v) is 19.1. The Kier molecular flexibility index (Phi) is 6.88. The summed E-state index contributed by atoms with van der Waals surface area (Å²) in [5, 5.41) is 3.47. The van der Waals surface area contributed by atoms with Gasteiger partial charge in [0.25, 0.3) is 0 Å². The summed E-state index contributed by atoms with van der Waals surface area (Å²) in [6.45, 7) is 5.45. The molecule has 2 heterocycles. The van der Waals surface area contributed by atoms with E-state index in [0.29, 0.717) is 17.7 Å². The molecule has 0 radical (unpaired) electrons. The van der Waals surface area contributed by atoms with Crippen LogP contribution in [0.5, 0.6) is 5.75 Å². The average Bonchev–Trinajstić information content (AvgIpc) is 2.78. The molecule has 1 N–H and O–H groups in total. The topological polar surface area (TPSA) is 70.6 Å². The number of carbonyl (C=O) groups excluding carboxylic acids is 1. The zero-order chi connectivity index (χ0) is 25.2. The number of fused-ring (bicyclic) bond motifs is 1. The molecule has 0 spiro atoms. The van der Waals surface area contributed by atoms with Gasteiger partial charge in [0.05, 0.1) is 11.2 Å². The number of hydrogen-bond donors (Lipinski definition) is 1. The van der Waals surface area contributed by atoms with Crippen LogP contribution in [0.2, 0.25) is 0 Å². The van der Waals surface area contributed by atoms with Crippen molar-refractivity contribution in [3.63, 3.8) is 0 Å². The summed E-state index contributed by atoms with van der Waals surface area (Å²) in [5.41, 5.74) is 1.97. The second kappa shape index (κ2) is 9.87. The van der Waals surface area contributed by atoms with Crippen molar-refractivity contribution < 1.29 is 27.1 Å². The van der Waals surface area contributed by atoms with E-state index in [1.807, 2.05) is 6.92 Å². The largest absolute Gasteiger partial charge is 0.573 e.